The summed E-state index contributed by atoms with van der Waals surface area (Å²) in [6.07, 6.45) is 1.62. The number of nitrogens with zero attached hydrogens (tertiary/aromatic N) is 2. The molecule has 5 heteroatoms. The Balaban J connectivity index is 1.64. The van der Waals surface area contributed by atoms with Crippen molar-refractivity contribution in [1.82, 2.24) is 4.90 Å². The van der Waals surface area contributed by atoms with Gasteiger partial charge in [-0.05, 0) is 18.4 Å². The third kappa shape index (κ3) is 4.89. The summed E-state index contributed by atoms with van der Waals surface area (Å²) in [6.45, 7) is 1.97. The van der Waals surface area contributed by atoms with Gasteiger partial charge in [-0.3, -0.25) is 4.99 Å². The van der Waals surface area contributed by atoms with Gasteiger partial charge >= 0.3 is 6.09 Å². The molecule has 1 aromatic rings. The zero-order chi connectivity index (χ0) is 14.2. The van der Waals surface area contributed by atoms with E-state index in [0.717, 1.165) is 30.7 Å². The summed E-state index contributed by atoms with van der Waals surface area (Å²) < 4.78 is 5.26. The lowest BCUT2D eigenvalue weighted by Crippen LogP contribution is -2.28. The van der Waals surface area contributed by atoms with Gasteiger partial charge in [0.25, 0.3) is 0 Å². The molecule has 1 amide bonds. The van der Waals surface area contributed by atoms with Gasteiger partial charge in [-0.25, -0.2) is 4.79 Å². The maximum absolute atomic E-state index is 11.8. The minimum Gasteiger partial charge on any atom is -0.445 e. The lowest BCUT2D eigenvalue weighted by atomic mass is 10.2. The van der Waals surface area contributed by atoms with Crippen LogP contribution in [-0.4, -0.2) is 41.9 Å². The van der Waals surface area contributed by atoms with Crippen molar-refractivity contribution in [3.05, 3.63) is 35.9 Å². The van der Waals surface area contributed by atoms with Crippen molar-refractivity contribution in [3.8, 4) is 0 Å². The minimum atomic E-state index is -0.269. The van der Waals surface area contributed by atoms with Gasteiger partial charge < -0.3 is 9.64 Å². The normalized spacial score (nSPS) is 13.9. The molecule has 0 aromatic heterocycles. The molecular weight excluding hydrogens is 272 g/mol. The number of aliphatic imine (C=N–C) groups is 1. The molecule has 4 nitrogen and oxygen atoms in total. The zero-order valence-corrected chi connectivity index (χ0v) is 12.6. The van der Waals surface area contributed by atoms with Crippen LogP contribution >= 0.6 is 11.8 Å². The number of thioether (sulfide) groups is 1. The van der Waals surface area contributed by atoms with E-state index in [1.54, 1.807) is 11.9 Å². The summed E-state index contributed by atoms with van der Waals surface area (Å²) >= 11 is 1.83. The first-order valence-corrected chi connectivity index (χ1v) is 7.82. The van der Waals surface area contributed by atoms with E-state index in [4.69, 9.17) is 4.74 Å². The second-order valence-electron chi connectivity index (χ2n) is 4.69. The van der Waals surface area contributed by atoms with E-state index < -0.39 is 0 Å². The Morgan fingerprint density at radius 3 is 2.90 bits per heavy atom. The predicted octanol–water partition coefficient (Wildman–Crippen LogP) is 3.18. The van der Waals surface area contributed by atoms with Gasteiger partial charge in [0, 0.05) is 25.9 Å². The number of ether oxygens (including phenoxy) is 1. The van der Waals surface area contributed by atoms with Crippen LogP contribution in [0.3, 0.4) is 0 Å². The molecular formula is C15H20N2O2S. The van der Waals surface area contributed by atoms with Gasteiger partial charge in [0.05, 0.1) is 5.04 Å². The molecule has 0 spiro atoms. The second kappa shape index (κ2) is 7.94. The van der Waals surface area contributed by atoms with E-state index in [-0.39, 0.29) is 6.09 Å². The average Bonchev–Trinajstić information content (AvgIpc) is 2.99. The SMILES string of the molecule is CN(CCCC1=NCCS1)C(=O)OCc1ccccc1. The fourth-order valence-corrected chi connectivity index (χ4v) is 2.81. The van der Waals surface area contributed by atoms with Gasteiger partial charge in [-0.15, -0.1) is 11.8 Å². The van der Waals surface area contributed by atoms with Gasteiger partial charge in [0.15, 0.2) is 0 Å². The molecule has 1 aliphatic rings. The Labute approximate surface area is 124 Å². The first-order chi connectivity index (χ1) is 9.75. The van der Waals surface area contributed by atoms with Crippen LogP contribution in [0.2, 0.25) is 0 Å². The van der Waals surface area contributed by atoms with Crippen LogP contribution in [0.15, 0.2) is 35.3 Å². The van der Waals surface area contributed by atoms with E-state index in [2.05, 4.69) is 4.99 Å². The van der Waals surface area contributed by atoms with Crippen LogP contribution < -0.4 is 0 Å². The molecule has 0 N–H and O–H groups in total. The Hall–Kier alpha value is -1.49. The van der Waals surface area contributed by atoms with Crippen LogP contribution in [-0.2, 0) is 11.3 Å². The standard InChI is InChI=1S/C15H20N2O2S/c1-17(10-5-8-14-16-9-11-20-14)15(18)19-12-13-6-3-2-4-7-13/h2-4,6-7H,5,8-12H2,1H3. The number of amides is 1. The smallest absolute Gasteiger partial charge is 0.409 e. The summed E-state index contributed by atoms with van der Waals surface area (Å²) in [5, 5.41) is 1.22. The Morgan fingerprint density at radius 2 is 2.20 bits per heavy atom. The third-order valence-electron chi connectivity index (χ3n) is 3.05. The zero-order valence-electron chi connectivity index (χ0n) is 11.7. The summed E-state index contributed by atoms with van der Waals surface area (Å²) in [6, 6.07) is 9.71. The monoisotopic (exact) mass is 292 g/mol. The van der Waals surface area contributed by atoms with Crippen LogP contribution in [0.1, 0.15) is 18.4 Å². The van der Waals surface area contributed by atoms with Crippen LogP contribution in [0.25, 0.3) is 0 Å². The molecule has 20 heavy (non-hydrogen) atoms. The molecule has 0 bridgehead atoms. The molecule has 1 aromatic carbocycles. The first-order valence-electron chi connectivity index (χ1n) is 6.83. The van der Waals surface area contributed by atoms with E-state index in [0.29, 0.717) is 13.2 Å². The van der Waals surface area contributed by atoms with E-state index in [9.17, 15) is 4.79 Å². The van der Waals surface area contributed by atoms with E-state index in [1.165, 1.54) is 5.04 Å². The maximum Gasteiger partial charge on any atom is 0.409 e. The van der Waals surface area contributed by atoms with Crippen molar-refractivity contribution in [3.63, 3.8) is 0 Å². The van der Waals surface area contributed by atoms with Gasteiger partial charge in [0.1, 0.15) is 6.61 Å². The van der Waals surface area contributed by atoms with Crippen LogP contribution in [0.4, 0.5) is 4.79 Å². The van der Waals surface area contributed by atoms with E-state index in [1.807, 2.05) is 42.1 Å². The molecule has 0 radical (unpaired) electrons. The topological polar surface area (TPSA) is 41.9 Å². The summed E-state index contributed by atoms with van der Waals surface area (Å²) in [4.78, 5) is 17.8. The molecule has 0 saturated carbocycles. The summed E-state index contributed by atoms with van der Waals surface area (Å²) in [5.74, 6) is 1.10. The van der Waals surface area contributed by atoms with Crippen molar-refractivity contribution in [2.75, 3.05) is 25.9 Å². The Morgan fingerprint density at radius 1 is 1.40 bits per heavy atom. The first kappa shape index (κ1) is 14.9. The van der Waals surface area contributed by atoms with Crippen LogP contribution in [0, 0.1) is 0 Å². The average molecular weight is 292 g/mol. The Bertz CT molecular complexity index is 462. The van der Waals surface area contributed by atoms with Crippen molar-refractivity contribution in [2.45, 2.75) is 19.4 Å². The number of rotatable bonds is 6. The highest BCUT2D eigenvalue weighted by atomic mass is 32.2. The number of carbonyl (C=O) groups is 1. The van der Waals surface area contributed by atoms with Gasteiger partial charge in [-0.1, -0.05) is 30.3 Å². The lowest BCUT2D eigenvalue weighted by molar-refractivity contribution is 0.104. The molecule has 0 atom stereocenters. The summed E-state index contributed by atoms with van der Waals surface area (Å²) in [5.41, 5.74) is 1.01. The molecule has 2 rings (SSSR count). The third-order valence-corrected chi connectivity index (χ3v) is 4.10. The Kier molecular flexibility index (Phi) is 5.92. The van der Waals surface area contributed by atoms with Crippen molar-refractivity contribution < 1.29 is 9.53 Å². The van der Waals surface area contributed by atoms with E-state index >= 15 is 0 Å². The predicted molar refractivity (Wildman–Crippen MR) is 83.3 cm³/mol. The second-order valence-corrected chi connectivity index (χ2v) is 5.86. The van der Waals surface area contributed by atoms with Crippen molar-refractivity contribution in [2.24, 2.45) is 4.99 Å². The fourth-order valence-electron chi connectivity index (χ4n) is 1.92. The molecule has 0 fully saturated rings. The van der Waals surface area contributed by atoms with Crippen molar-refractivity contribution in [1.29, 1.82) is 0 Å². The number of hydrogen-bond acceptors (Lipinski definition) is 4. The molecule has 1 aliphatic heterocycles. The molecule has 0 unspecified atom stereocenters. The number of carbonyl (C=O) groups excluding carboxylic acids is 1. The van der Waals surface area contributed by atoms with Gasteiger partial charge in [-0.2, -0.15) is 0 Å². The molecule has 1 heterocycles. The highest BCUT2D eigenvalue weighted by Crippen LogP contribution is 2.15. The minimum absolute atomic E-state index is 0.269. The number of hydrogen-bond donors (Lipinski definition) is 0. The lowest BCUT2D eigenvalue weighted by Gasteiger charge is -2.16. The van der Waals surface area contributed by atoms with Crippen LogP contribution in [0.5, 0.6) is 0 Å². The summed E-state index contributed by atoms with van der Waals surface area (Å²) in [7, 11) is 1.77. The highest BCUT2D eigenvalue weighted by molar-refractivity contribution is 8.14. The largest absolute Gasteiger partial charge is 0.445 e. The maximum atomic E-state index is 11.8. The van der Waals surface area contributed by atoms with Gasteiger partial charge in [0.2, 0.25) is 0 Å². The molecule has 0 aliphatic carbocycles. The molecule has 108 valence electrons. The fraction of sp³-hybridized carbons (Fsp3) is 0.467. The number of benzene rings is 1. The van der Waals surface area contributed by atoms with Crippen molar-refractivity contribution >= 4 is 22.9 Å². The quantitative estimate of drug-likeness (QED) is 0.808. The molecule has 0 saturated heterocycles. The highest BCUT2D eigenvalue weighted by Gasteiger charge is 2.11.